The van der Waals surface area contributed by atoms with Gasteiger partial charge in [-0.1, -0.05) is 12.1 Å². The predicted molar refractivity (Wildman–Crippen MR) is 65.7 cm³/mol. The molecule has 19 heavy (non-hydrogen) atoms. The maximum atomic E-state index is 11.5. The molecule has 1 aromatic rings. The quantitative estimate of drug-likeness (QED) is 0.454. The summed E-state index contributed by atoms with van der Waals surface area (Å²) in [5.74, 6) is -1.11. The highest BCUT2D eigenvalue weighted by Gasteiger charge is 2.17. The normalized spacial score (nSPS) is 10.6. The lowest BCUT2D eigenvalue weighted by atomic mass is 10.3. The first-order valence-electron chi connectivity index (χ1n) is 5.31. The van der Waals surface area contributed by atoms with E-state index in [1.807, 2.05) is 0 Å². The zero-order valence-corrected chi connectivity index (χ0v) is 10.8. The third-order valence-corrected chi connectivity index (χ3v) is 2.13. The number of carbonyl (C=O) groups excluding carboxylic acids is 2. The van der Waals surface area contributed by atoms with E-state index in [0.29, 0.717) is 5.75 Å². The second kappa shape index (κ2) is 7.05. The highest BCUT2D eigenvalue weighted by Crippen LogP contribution is 2.27. The Kier molecular flexibility index (Phi) is 5.40. The van der Waals surface area contributed by atoms with Crippen LogP contribution < -0.4 is 9.47 Å². The summed E-state index contributed by atoms with van der Waals surface area (Å²) in [5, 5.41) is 0. The lowest BCUT2D eigenvalue weighted by Gasteiger charge is -2.11. The number of esters is 2. The lowest BCUT2D eigenvalue weighted by molar-refractivity contribution is -0.140. The second-order valence-corrected chi connectivity index (χ2v) is 3.28. The third kappa shape index (κ3) is 4.02. The van der Waals surface area contributed by atoms with E-state index in [0.717, 1.165) is 6.08 Å². The minimum absolute atomic E-state index is 0.283. The van der Waals surface area contributed by atoms with Gasteiger partial charge < -0.3 is 18.9 Å². The summed E-state index contributed by atoms with van der Waals surface area (Å²) >= 11 is 0. The smallest absolute Gasteiger partial charge is 0.374 e. The minimum Gasteiger partial charge on any atom is -0.493 e. The van der Waals surface area contributed by atoms with Gasteiger partial charge in [0.1, 0.15) is 0 Å². The van der Waals surface area contributed by atoms with Gasteiger partial charge in [-0.25, -0.2) is 9.59 Å². The predicted octanol–water partition coefficient (Wildman–Crippen LogP) is 1.30. The molecule has 6 heteroatoms. The summed E-state index contributed by atoms with van der Waals surface area (Å²) in [6.45, 7) is 0. The van der Waals surface area contributed by atoms with Gasteiger partial charge in [0.25, 0.3) is 0 Å². The molecule has 0 spiro atoms. The molecule has 1 rings (SSSR count). The van der Waals surface area contributed by atoms with Crippen molar-refractivity contribution in [3.05, 3.63) is 36.1 Å². The summed E-state index contributed by atoms with van der Waals surface area (Å²) in [4.78, 5) is 22.7. The van der Waals surface area contributed by atoms with Crippen molar-refractivity contribution in [1.82, 2.24) is 0 Å². The molecule has 0 aliphatic rings. The minimum atomic E-state index is -0.795. The molecule has 0 aliphatic heterocycles. The van der Waals surface area contributed by atoms with Crippen LogP contribution in [0.15, 0.2) is 36.1 Å². The number of methoxy groups -OCH3 is 3. The summed E-state index contributed by atoms with van der Waals surface area (Å²) < 4.78 is 19.4. The molecule has 0 bridgehead atoms. The molecule has 102 valence electrons. The molecule has 6 nitrogen and oxygen atoms in total. The monoisotopic (exact) mass is 266 g/mol. The van der Waals surface area contributed by atoms with Crippen molar-refractivity contribution in [3.8, 4) is 11.5 Å². The average molecular weight is 266 g/mol. The molecule has 0 fully saturated rings. The van der Waals surface area contributed by atoms with Gasteiger partial charge in [0.05, 0.1) is 27.4 Å². The highest BCUT2D eigenvalue weighted by molar-refractivity contribution is 5.95. The van der Waals surface area contributed by atoms with Crippen LogP contribution in [0.1, 0.15) is 0 Å². The van der Waals surface area contributed by atoms with E-state index in [1.165, 1.54) is 21.3 Å². The van der Waals surface area contributed by atoms with Crippen molar-refractivity contribution in [2.75, 3.05) is 21.3 Å². The number of para-hydroxylation sites is 2. The van der Waals surface area contributed by atoms with E-state index in [-0.39, 0.29) is 11.5 Å². The van der Waals surface area contributed by atoms with E-state index in [4.69, 9.17) is 9.47 Å². The van der Waals surface area contributed by atoms with Gasteiger partial charge in [-0.2, -0.15) is 0 Å². The Hall–Kier alpha value is -2.50. The van der Waals surface area contributed by atoms with Crippen LogP contribution in [-0.2, 0) is 19.1 Å². The first-order valence-corrected chi connectivity index (χ1v) is 5.31. The number of hydrogen-bond acceptors (Lipinski definition) is 6. The van der Waals surface area contributed by atoms with Crippen LogP contribution in [0.5, 0.6) is 11.5 Å². The van der Waals surface area contributed by atoms with Crippen LogP contribution in [0, 0.1) is 0 Å². The van der Waals surface area contributed by atoms with Crippen molar-refractivity contribution in [3.63, 3.8) is 0 Å². The van der Waals surface area contributed by atoms with Crippen molar-refractivity contribution in [2.45, 2.75) is 0 Å². The fraction of sp³-hybridized carbons (Fsp3) is 0.231. The zero-order valence-electron chi connectivity index (χ0n) is 10.8. The van der Waals surface area contributed by atoms with Gasteiger partial charge in [-0.3, -0.25) is 0 Å². The van der Waals surface area contributed by atoms with Gasteiger partial charge in [0.15, 0.2) is 11.5 Å². The fourth-order valence-electron chi connectivity index (χ4n) is 1.22. The molecule has 0 aromatic heterocycles. The summed E-state index contributed by atoms with van der Waals surface area (Å²) in [7, 11) is 3.83. The molecule has 0 amide bonds. The van der Waals surface area contributed by atoms with E-state index < -0.39 is 11.9 Å². The average Bonchev–Trinajstić information content (AvgIpc) is 2.45. The van der Waals surface area contributed by atoms with E-state index >= 15 is 0 Å². The Bertz CT molecular complexity index is 492. The number of carbonyl (C=O) groups is 2. The molecular weight excluding hydrogens is 252 g/mol. The van der Waals surface area contributed by atoms with Gasteiger partial charge >= 0.3 is 11.9 Å². The molecular formula is C13H14O6. The molecule has 0 radical (unpaired) electrons. The topological polar surface area (TPSA) is 71.1 Å². The summed E-state index contributed by atoms with van der Waals surface area (Å²) in [6, 6.07) is 6.69. The number of hydrogen-bond donors (Lipinski definition) is 0. The van der Waals surface area contributed by atoms with Gasteiger partial charge in [0.2, 0.25) is 5.76 Å². The van der Waals surface area contributed by atoms with E-state index in [9.17, 15) is 9.59 Å². The number of benzene rings is 1. The van der Waals surface area contributed by atoms with Crippen LogP contribution >= 0.6 is 0 Å². The molecule has 1 aromatic carbocycles. The molecule has 0 N–H and O–H groups in total. The fourth-order valence-corrected chi connectivity index (χ4v) is 1.22. The Morgan fingerprint density at radius 2 is 1.63 bits per heavy atom. The number of rotatable bonds is 5. The maximum absolute atomic E-state index is 11.5. The molecule has 0 unspecified atom stereocenters. The van der Waals surface area contributed by atoms with E-state index in [2.05, 4.69) is 9.47 Å². The second-order valence-electron chi connectivity index (χ2n) is 3.28. The van der Waals surface area contributed by atoms with Crippen LogP contribution in [-0.4, -0.2) is 33.3 Å². The standard InChI is InChI=1S/C13H14O6/c1-16-9-6-4-5-7-10(9)19-11(13(15)18-3)8-12(14)17-2/h4-8H,1-3H3/b11-8+. The van der Waals surface area contributed by atoms with E-state index in [1.54, 1.807) is 24.3 Å². The van der Waals surface area contributed by atoms with Crippen LogP contribution in [0.2, 0.25) is 0 Å². The first kappa shape index (κ1) is 14.6. The molecule has 0 aliphatic carbocycles. The molecule has 0 heterocycles. The van der Waals surface area contributed by atoms with Crippen molar-refractivity contribution in [2.24, 2.45) is 0 Å². The summed E-state index contributed by atoms with van der Waals surface area (Å²) in [6.07, 6.45) is 0.901. The Morgan fingerprint density at radius 1 is 1.00 bits per heavy atom. The first-order chi connectivity index (χ1) is 9.12. The molecule has 0 saturated heterocycles. The Morgan fingerprint density at radius 3 is 2.16 bits per heavy atom. The van der Waals surface area contributed by atoms with Crippen molar-refractivity contribution in [1.29, 1.82) is 0 Å². The van der Waals surface area contributed by atoms with Gasteiger partial charge in [-0.15, -0.1) is 0 Å². The highest BCUT2D eigenvalue weighted by atomic mass is 16.6. The Balaban J connectivity index is 3.04. The maximum Gasteiger partial charge on any atom is 0.374 e. The SMILES string of the molecule is COC(=O)/C=C(/Oc1ccccc1OC)C(=O)OC. The van der Waals surface area contributed by atoms with Crippen LogP contribution in [0.25, 0.3) is 0 Å². The number of ether oxygens (including phenoxy) is 4. The molecule has 0 saturated carbocycles. The lowest BCUT2D eigenvalue weighted by Crippen LogP contribution is -2.13. The Labute approximate surface area is 110 Å². The van der Waals surface area contributed by atoms with Gasteiger partial charge in [-0.05, 0) is 12.1 Å². The van der Waals surface area contributed by atoms with Crippen LogP contribution in [0.4, 0.5) is 0 Å². The van der Waals surface area contributed by atoms with Gasteiger partial charge in [0, 0.05) is 0 Å². The largest absolute Gasteiger partial charge is 0.493 e. The van der Waals surface area contributed by atoms with Crippen LogP contribution in [0.3, 0.4) is 0 Å². The summed E-state index contributed by atoms with van der Waals surface area (Å²) in [5.41, 5.74) is 0. The van der Waals surface area contributed by atoms with Crippen molar-refractivity contribution < 1.29 is 28.5 Å². The third-order valence-electron chi connectivity index (χ3n) is 2.13. The molecule has 0 atom stereocenters. The zero-order chi connectivity index (χ0) is 14.3. The van der Waals surface area contributed by atoms with Crippen molar-refractivity contribution >= 4 is 11.9 Å².